The van der Waals surface area contributed by atoms with E-state index in [0.29, 0.717) is 47.7 Å². The molecule has 0 spiro atoms. The van der Waals surface area contributed by atoms with Crippen molar-refractivity contribution in [2.24, 2.45) is 5.92 Å². The van der Waals surface area contributed by atoms with E-state index >= 15 is 0 Å². The number of anilines is 1. The van der Waals surface area contributed by atoms with E-state index in [9.17, 15) is 9.59 Å². The van der Waals surface area contributed by atoms with Crippen LogP contribution in [0.2, 0.25) is 5.02 Å². The summed E-state index contributed by atoms with van der Waals surface area (Å²) in [6.45, 7) is 3.93. The number of carbonyl (C=O) groups excluding carboxylic acids is 2. The van der Waals surface area contributed by atoms with E-state index in [1.165, 1.54) is 0 Å². The molecule has 4 rings (SSSR count). The lowest BCUT2D eigenvalue weighted by atomic mass is 9.97. The molecule has 172 valence electrons. The second-order valence-corrected chi connectivity index (χ2v) is 8.26. The Hall–Kier alpha value is -3.23. The number of hydrogen-bond acceptors (Lipinski definition) is 7. The third-order valence-electron chi connectivity index (χ3n) is 5.46. The maximum Gasteiger partial charge on any atom is 0.338 e. The Bertz CT molecular complexity index is 1130. The molecule has 1 aliphatic rings. The van der Waals surface area contributed by atoms with Crippen LogP contribution in [0.25, 0.3) is 11.4 Å². The van der Waals surface area contributed by atoms with E-state index in [0.717, 1.165) is 24.9 Å². The average molecular weight is 469 g/mol. The molecular weight excluding hydrogens is 444 g/mol. The molecular formula is C24H25ClN4O4. The fourth-order valence-electron chi connectivity index (χ4n) is 3.86. The largest absolute Gasteiger partial charge is 0.462 e. The van der Waals surface area contributed by atoms with Gasteiger partial charge in [-0.25, -0.2) is 4.79 Å². The molecule has 1 atom stereocenters. The fraction of sp³-hybridized carbons (Fsp3) is 0.333. The number of amides is 1. The van der Waals surface area contributed by atoms with Crippen molar-refractivity contribution in [2.75, 3.05) is 25.0 Å². The zero-order valence-corrected chi connectivity index (χ0v) is 19.0. The Morgan fingerprint density at radius 1 is 1.24 bits per heavy atom. The number of likely N-dealkylation sites (tertiary alicyclic amines) is 1. The van der Waals surface area contributed by atoms with Gasteiger partial charge in [0.15, 0.2) is 0 Å². The average Bonchev–Trinajstić information content (AvgIpc) is 3.28. The predicted octanol–water partition coefficient (Wildman–Crippen LogP) is 4.42. The lowest BCUT2D eigenvalue weighted by Crippen LogP contribution is -2.40. The maximum atomic E-state index is 12.9. The van der Waals surface area contributed by atoms with Crippen LogP contribution in [0.5, 0.6) is 0 Å². The van der Waals surface area contributed by atoms with Gasteiger partial charge in [0.2, 0.25) is 17.6 Å². The van der Waals surface area contributed by atoms with Crippen molar-refractivity contribution < 1.29 is 18.8 Å². The minimum atomic E-state index is -0.409. The third kappa shape index (κ3) is 5.77. The normalized spacial score (nSPS) is 16.4. The lowest BCUT2D eigenvalue weighted by molar-refractivity contribution is -0.121. The molecule has 0 saturated carbocycles. The number of rotatable bonds is 7. The minimum Gasteiger partial charge on any atom is -0.462 e. The van der Waals surface area contributed by atoms with Gasteiger partial charge in [0, 0.05) is 17.8 Å². The summed E-state index contributed by atoms with van der Waals surface area (Å²) in [5.74, 6) is 0.253. The van der Waals surface area contributed by atoms with Crippen LogP contribution in [0.3, 0.4) is 0 Å². The van der Waals surface area contributed by atoms with E-state index in [-0.39, 0.29) is 11.8 Å². The molecule has 9 heteroatoms. The van der Waals surface area contributed by atoms with Crippen molar-refractivity contribution in [2.45, 2.75) is 26.3 Å². The van der Waals surface area contributed by atoms with Crippen molar-refractivity contribution in [3.05, 3.63) is 65.0 Å². The molecule has 1 fully saturated rings. The highest BCUT2D eigenvalue weighted by Crippen LogP contribution is 2.26. The molecule has 0 aliphatic carbocycles. The highest BCUT2D eigenvalue weighted by atomic mass is 35.5. The van der Waals surface area contributed by atoms with Gasteiger partial charge < -0.3 is 14.6 Å². The Morgan fingerprint density at radius 2 is 2.09 bits per heavy atom. The van der Waals surface area contributed by atoms with Gasteiger partial charge in [0.1, 0.15) is 0 Å². The smallest absolute Gasteiger partial charge is 0.338 e. The molecule has 1 N–H and O–H groups in total. The molecule has 8 nitrogen and oxygen atoms in total. The summed E-state index contributed by atoms with van der Waals surface area (Å²) in [4.78, 5) is 31.4. The first-order chi connectivity index (χ1) is 16.0. The molecule has 3 aromatic rings. The number of aromatic nitrogens is 2. The molecule has 2 heterocycles. The van der Waals surface area contributed by atoms with Crippen LogP contribution < -0.4 is 5.32 Å². The SMILES string of the molecule is CCOC(=O)c1cccc(NC(=O)C2CCCN(Cc3nc(-c4ccccc4Cl)no3)C2)c1. The van der Waals surface area contributed by atoms with Crippen molar-refractivity contribution in [3.8, 4) is 11.4 Å². The second-order valence-electron chi connectivity index (χ2n) is 7.86. The number of carbonyl (C=O) groups is 2. The molecule has 2 aromatic carbocycles. The third-order valence-corrected chi connectivity index (χ3v) is 5.79. The molecule has 1 saturated heterocycles. The van der Waals surface area contributed by atoms with Crippen LogP contribution >= 0.6 is 11.6 Å². The minimum absolute atomic E-state index is 0.0806. The zero-order chi connectivity index (χ0) is 23.2. The number of benzene rings is 2. The number of esters is 1. The van der Waals surface area contributed by atoms with E-state index in [2.05, 4.69) is 20.4 Å². The molecule has 33 heavy (non-hydrogen) atoms. The Kier molecular flexibility index (Phi) is 7.36. The van der Waals surface area contributed by atoms with Crippen LogP contribution in [0, 0.1) is 5.92 Å². The summed E-state index contributed by atoms with van der Waals surface area (Å²) in [5, 5.41) is 7.53. The summed E-state index contributed by atoms with van der Waals surface area (Å²) >= 11 is 6.22. The quantitative estimate of drug-likeness (QED) is 0.512. The number of ether oxygens (including phenoxy) is 1. The maximum absolute atomic E-state index is 12.9. The topological polar surface area (TPSA) is 97.6 Å². The van der Waals surface area contributed by atoms with E-state index in [4.69, 9.17) is 20.9 Å². The van der Waals surface area contributed by atoms with Gasteiger partial charge in [-0.05, 0) is 56.6 Å². The number of nitrogens with zero attached hydrogens (tertiary/aromatic N) is 3. The zero-order valence-electron chi connectivity index (χ0n) is 18.3. The van der Waals surface area contributed by atoms with Crippen molar-refractivity contribution in [3.63, 3.8) is 0 Å². The van der Waals surface area contributed by atoms with Gasteiger partial charge in [-0.1, -0.05) is 35.0 Å². The summed E-state index contributed by atoms with van der Waals surface area (Å²) in [7, 11) is 0. The summed E-state index contributed by atoms with van der Waals surface area (Å²) in [5.41, 5.74) is 1.70. The van der Waals surface area contributed by atoms with Crippen LogP contribution in [0.15, 0.2) is 53.1 Å². The van der Waals surface area contributed by atoms with Gasteiger partial charge in [0.25, 0.3) is 0 Å². The van der Waals surface area contributed by atoms with Crippen LogP contribution in [-0.2, 0) is 16.1 Å². The van der Waals surface area contributed by atoms with E-state index in [1.807, 2.05) is 18.2 Å². The van der Waals surface area contributed by atoms with Gasteiger partial charge in [-0.15, -0.1) is 0 Å². The van der Waals surface area contributed by atoms with Gasteiger partial charge >= 0.3 is 5.97 Å². The highest BCUT2D eigenvalue weighted by molar-refractivity contribution is 6.33. The van der Waals surface area contributed by atoms with Gasteiger partial charge in [-0.3, -0.25) is 9.69 Å². The van der Waals surface area contributed by atoms with Crippen molar-refractivity contribution in [1.29, 1.82) is 0 Å². The second kappa shape index (κ2) is 10.6. The standard InChI is InChI=1S/C24H25ClN4O4/c1-2-32-24(31)16-7-5-9-18(13-16)26-23(30)17-8-6-12-29(14-17)15-21-27-22(28-33-21)19-10-3-4-11-20(19)25/h3-5,7,9-11,13,17H,2,6,8,12,14-15H2,1H3,(H,26,30). The highest BCUT2D eigenvalue weighted by Gasteiger charge is 2.27. The molecule has 0 radical (unpaired) electrons. The van der Waals surface area contributed by atoms with E-state index in [1.54, 1.807) is 37.3 Å². The summed E-state index contributed by atoms with van der Waals surface area (Å²) < 4.78 is 10.4. The predicted molar refractivity (Wildman–Crippen MR) is 124 cm³/mol. The Labute approximate surface area is 196 Å². The van der Waals surface area contributed by atoms with Crippen molar-refractivity contribution in [1.82, 2.24) is 15.0 Å². The van der Waals surface area contributed by atoms with Crippen molar-refractivity contribution >= 4 is 29.2 Å². The first-order valence-electron chi connectivity index (χ1n) is 10.9. The number of piperidine rings is 1. The van der Waals surface area contributed by atoms with Crippen LogP contribution in [0.1, 0.15) is 36.0 Å². The molecule has 0 bridgehead atoms. The van der Waals surface area contributed by atoms with E-state index < -0.39 is 5.97 Å². The molecule has 1 aromatic heterocycles. The van der Waals surface area contributed by atoms with Crippen LogP contribution in [-0.4, -0.2) is 46.6 Å². The summed E-state index contributed by atoms with van der Waals surface area (Å²) in [6, 6.07) is 14.1. The van der Waals surface area contributed by atoms with Crippen LogP contribution in [0.4, 0.5) is 5.69 Å². The summed E-state index contributed by atoms with van der Waals surface area (Å²) in [6.07, 6.45) is 1.67. The molecule has 1 amide bonds. The monoisotopic (exact) mass is 468 g/mol. The Balaban J connectivity index is 1.36. The Morgan fingerprint density at radius 3 is 2.91 bits per heavy atom. The fourth-order valence-corrected chi connectivity index (χ4v) is 4.08. The van der Waals surface area contributed by atoms with Gasteiger partial charge in [0.05, 0.1) is 29.7 Å². The van der Waals surface area contributed by atoms with Gasteiger partial charge in [-0.2, -0.15) is 4.98 Å². The first kappa shape index (κ1) is 22.9. The first-order valence-corrected chi connectivity index (χ1v) is 11.3. The number of hydrogen-bond donors (Lipinski definition) is 1. The lowest BCUT2D eigenvalue weighted by Gasteiger charge is -2.30. The molecule has 1 aliphatic heterocycles. The molecule has 1 unspecified atom stereocenters. The number of halogens is 1. The number of nitrogens with one attached hydrogen (secondary N) is 1.